The molecule has 156 valence electrons. The lowest BCUT2D eigenvalue weighted by Crippen LogP contribution is -2.45. The van der Waals surface area contributed by atoms with E-state index in [9.17, 15) is 19.6 Å². The molecule has 2 N–H and O–H groups in total. The maximum absolute atomic E-state index is 13.2. The standard InChI is InChI=1S/C21H19Cl2N3O4/c1-3-30-20(29)21(10-24)16-7-5-13(11(2)27)9-26(16)18(19(25)28)17(21)12-4-6-14(22)15(23)8-12/h4-9,16-18H,3H2,1-2H3,(H2,25,28)/t16-,17+,18+,21+/m0/s1. The molecule has 1 fully saturated rings. The summed E-state index contributed by atoms with van der Waals surface area (Å²) >= 11 is 12.2. The lowest BCUT2D eigenvalue weighted by atomic mass is 9.68. The van der Waals surface area contributed by atoms with E-state index >= 15 is 0 Å². The zero-order valence-electron chi connectivity index (χ0n) is 16.3. The predicted molar refractivity (Wildman–Crippen MR) is 110 cm³/mol. The van der Waals surface area contributed by atoms with Gasteiger partial charge in [-0.2, -0.15) is 5.26 Å². The van der Waals surface area contributed by atoms with Crippen LogP contribution in [0.4, 0.5) is 0 Å². The maximum Gasteiger partial charge on any atom is 0.329 e. The van der Waals surface area contributed by atoms with Crippen LogP contribution in [0.3, 0.4) is 0 Å². The molecule has 30 heavy (non-hydrogen) atoms. The quantitative estimate of drug-likeness (QED) is 0.693. The Kier molecular flexibility index (Phi) is 5.93. The van der Waals surface area contributed by atoms with E-state index in [1.54, 1.807) is 19.1 Å². The number of nitrogens with zero attached hydrogens (tertiary/aromatic N) is 2. The van der Waals surface area contributed by atoms with Crippen molar-refractivity contribution >= 4 is 40.9 Å². The number of hydrogen-bond acceptors (Lipinski definition) is 6. The molecule has 1 amide bonds. The number of carbonyl (C=O) groups is 3. The zero-order valence-corrected chi connectivity index (χ0v) is 17.8. The van der Waals surface area contributed by atoms with Gasteiger partial charge in [-0.15, -0.1) is 0 Å². The van der Waals surface area contributed by atoms with Crippen molar-refractivity contribution in [3.8, 4) is 6.07 Å². The molecule has 0 radical (unpaired) electrons. The number of rotatable bonds is 5. The van der Waals surface area contributed by atoms with Crippen molar-refractivity contribution in [3.63, 3.8) is 0 Å². The highest BCUT2D eigenvalue weighted by molar-refractivity contribution is 6.42. The molecule has 2 aliphatic rings. The number of amides is 1. The Labute approximate surface area is 183 Å². The Hall–Kier alpha value is -2.82. The summed E-state index contributed by atoms with van der Waals surface area (Å²) in [5, 5.41) is 10.8. The molecule has 7 nitrogen and oxygen atoms in total. The number of halogens is 2. The molecule has 4 atom stereocenters. The summed E-state index contributed by atoms with van der Waals surface area (Å²) in [5.41, 5.74) is 4.68. The molecule has 0 bridgehead atoms. The predicted octanol–water partition coefficient (Wildman–Crippen LogP) is 2.73. The normalized spacial score (nSPS) is 27.1. The third-order valence-electron chi connectivity index (χ3n) is 5.46. The van der Waals surface area contributed by atoms with Crippen molar-refractivity contribution in [2.45, 2.75) is 31.8 Å². The van der Waals surface area contributed by atoms with E-state index in [1.165, 1.54) is 36.2 Å². The SMILES string of the molecule is CCOC(=O)[C@@]1(C#N)[C@H](c2ccc(Cl)c(Cl)c2)[C@H](C(N)=O)N2C=C(C(C)=O)C=C[C@H]21. The highest BCUT2D eigenvalue weighted by Crippen LogP contribution is 2.54. The Morgan fingerprint density at radius 3 is 2.53 bits per heavy atom. The van der Waals surface area contributed by atoms with Gasteiger partial charge in [0.2, 0.25) is 5.91 Å². The number of ketones is 1. The van der Waals surface area contributed by atoms with Gasteiger partial charge in [0, 0.05) is 17.7 Å². The van der Waals surface area contributed by atoms with E-state index in [0.29, 0.717) is 11.1 Å². The number of Topliss-reactive ketones (excluding diaryl/α,β-unsaturated/α-hetero) is 1. The van der Waals surface area contributed by atoms with Crippen LogP contribution in [0.5, 0.6) is 0 Å². The Morgan fingerprint density at radius 2 is 2.00 bits per heavy atom. The first-order chi connectivity index (χ1) is 14.2. The van der Waals surface area contributed by atoms with Crippen molar-refractivity contribution in [3.05, 3.63) is 57.7 Å². The van der Waals surface area contributed by atoms with Crippen LogP contribution in [0.2, 0.25) is 10.0 Å². The van der Waals surface area contributed by atoms with Gasteiger partial charge in [-0.05, 0) is 31.5 Å². The molecule has 1 saturated heterocycles. The summed E-state index contributed by atoms with van der Waals surface area (Å²) in [5.74, 6) is -2.78. The summed E-state index contributed by atoms with van der Waals surface area (Å²) < 4.78 is 5.26. The van der Waals surface area contributed by atoms with Gasteiger partial charge in [-0.3, -0.25) is 14.4 Å². The fraction of sp³-hybridized carbons (Fsp3) is 0.333. The highest BCUT2D eigenvalue weighted by atomic mass is 35.5. The van der Waals surface area contributed by atoms with Crippen LogP contribution in [0.15, 0.2) is 42.1 Å². The second-order valence-corrected chi connectivity index (χ2v) is 7.91. The average molecular weight is 448 g/mol. The fourth-order valence-electron chi connectivity index (χ4n) is 4.17. The van der Waals surface area contributed by atoms with Gasteiger partial charge >= 0.3 is 5.97 Å². The molecule has 9 heteroatoms. The van der Waals surface area contributed by atoms with Gasteiger partial charge in [-0.25, -0.2) is 0 Å². The highest BCUT2D eigenvalue weighted by Gasteiger charge is 2.66. The number of esters is 1. The van der Waals surface area contributed by atoms with Crippen LogP contribution in [-0.2, 0) is 19.1 Å². The second kappa shape index (κ2) is 8.13. The van der Waals surface area contributed by atoms with E-state index < -0.39 is 35.3 Å². The van der Waals surface area contributed by atoms with E-state index in [0.717, 1.165) is 0 Å². The van der Waals surface area contributed by atoms with Gasteiger partial charge in [0.05, 0.1) is 28.8 Å². The first-order valence-electron chi connectivity index (χ1n) is 9.20. The minimum absolute atomic E-state index is 0.0442. The molecule has 0 spiro atoms. The molecule has 2 heterocycles. The van der Waals surface area contributed by atoms with E-state index in [-0.39, 0.29) is 22.4 Å². The summed E-state index contributed by atoms with van der Waals surface area (Å²) in [4.78, 5) is 39.1. The number of carbonyl (C=O) groups excluding carboxylic acids is 3. The fourth-order valence-corrected chi connectivity index (χ4v) is 4.48. The van der Waals surface area contributed by atoms with Crippen LogP contribution in [0.25, 0.3) is 0 Å². The van der Waals surface area contributed by atoms with Crippen molar-refractivity contribution in [1.29, 1.82) is 5.26 Å². The summed E-state index contributed by atoms with van der Waals surface area (Å²) in [7, 11) is 0. The van der Waals surface area contributed by atoms with E-state index in [2.05, 4.69) is 6.07 Å². The summed E-state index contributed by atoms with van der Waals surface area (Å²) in [6, 6.07) is 4.76. The summed E-state index contributed by atoms with van der Waals surface area (Å²) in [6.07, 6.45) is 4.56. The van der Waals surface area contributed by atoms with Crippen LogP contribution in [0, 0.1) is 16.7 Å². The maximum atomic E-state index is 13.2. The number of allylic oxidation sites excluding steroid dienone is 2. The minimum atomic E-state index is -1.80. The van der Waals surface area contributed by atoms with E-state index in [4.69, 9.17) is 33.7 Å². The molecule has 0 aliphatic carbocycles. The van der Waals surface area contributed by atoms with Crippen LogP contribution in [-0.4, -0.2) is 41.3 Å². The molecule has 0 saturated carbocycles. The smallest absolute Gasteiger partial charge is 0.329 e. The Bertz CT molecular complexity index is 1030. The summed E-state index contributed by atoms with van der Waals surface area (Å²) in [6.45, 7) is 3.05. The van der Waals surface area contributed by atoms with E-state index in [1.807, 2.05) is 0 Å². The number of ether oxygens (including phenoxy) is 1. The van der Waals surface area contributed by atoms with Gasteiger partial charge in [0.15, 0.2) is 11.2 Å². The Morgan fingerprint density at radius 1 is 1.30 bits per heavy atom. The number of primary amides is 1. The molecular formula is C21H19Cl2N3O4. The van der Waals surface area contributed by atoms with Gasteiger partial charge < -0.3 is 15.4 Å². The lowest BCUT2D eigenvalue weighted by Gasteiger charge is -2.32. The number of benzene rings is 1. The van der Waals surface area contributed by atoms with Crippen molar-refractivity contribution in [2.24, 2.45) is 11.1 Å². The van der Waals surface area contributed by atoms with Gasteiger partial charge in [-0.1, -0.05) is 41.4 Å². The third kappa shape index (κ3) is 3.26. The van der Waals surface area contributed by atoms with Crippen molar-refractivity contribution in [1.82, 2.24) is 4.90 Å². The third-order valence-corrected chi connectivity index (χ3v) is 6.20. The zero-order chi connectivity index (χ0) is 22.2. The number of fused-ring (bicyclic) bond motifs is 1. The van der Waals surface area contributed by atoms with Crippen molar-refractivity contribution in [2.75, 3.05) is 6.61 Å². The van der Waals surface area contributed by atoms with Crippen molar-refractivity contribution < 1.29 is 19.1 Å². The van der Waals surface area contributed by atoms with Gasteiger partial charge in [0.1, 0.15) is 6.04 Å². The number of hydrogen-bond donors (Lipinski definition) is 1. The minimum Gasteiger partial charge on any atom is -0.465 e. The molecule has 0 aromatic heterocycles. The Balaban J connectivity index is 2.31. The van der Waals surface area contributed by atoms with Gasteiger partial charge in [0.25, 0.3) is 0 Å². The molecular weight excluding hydrogens is 429 g/mol. The van der Waals surface area contributed by atoms with Crippen LogP contribution in [0.1, 0.15) is 25.3 Å². The first-order valence-corrected chi connectivity index (χ1v) is 9.95. The molecule has 0 unspecified atom stereocenters. The molecule has 2 aliphatic heterocycles. The molecule has 1 aromatic rings. The lowest BCUT2D eigenvalue weighted by molar-refractivity contribution is -0.153. The largest absolute Gasteiger partial charge is 0.465 e. The first kappa shape index (κ1) is 21.9. The topological polar surface area (TPSA) is 113 Å². The average Bonchev–Trinajstić information content (AvgIpc) is 3.01. The number of nitrogens with two attached hydrogens (primary N) is 1. The van der Waals surface area contributed by atoms with Crippen LogP contribution >= 0.6 is 23.2 Å². The number of nitriles is 1. The molecule has 1 aromatic carbocycles. The van der Waals surface area contributed by atoms with Crippen LogP contribution < -0.4 is 5.73 Å². The molecule has 3 rings (SSSR count). The monoisotopic (exact) mass is 447 g/mol. The second-order valence-electron chi connectivity index (χ2n) is 7.09.